The predicted octanol–water partition coefficient (Wildman–Crippen LogP) is 5.77. The summed E-state index contributed by atoms with van der Waals surface area (Å²) in [5.74, 6) is -0.296. The van der Waals surface area contributed by atoms with Gasteiger partial charge >= 0.3 is 12.5 Å². The zero-order valence-corrected chi connectivity index (χ0v) is 13.4. The second kappa shape index (κ2) is 6.83. The Hall–Kier alpha value is -2.22. The first-order chi connectivity index (χ1) is 12.1. The summed E-state index contributed by atoms with van der Waals surface area (Å²) in [4.78, 5) is 0. The van der Waals surface area contributed by atoms with Crippen LogP contribution in [-0.2, 0) is 6.18 Å². The molecule has 0 bridgehead atoms. The molecular weight excluding hydrogens is 360 g/mol. The van der Waals surface area contributed by atoms with Gasteiger partial charge in [0.25, 0.3) is 0 Å². The van der Waals surface area contributed by atoms with E-state index in [9.17, 15) is 26.3 Å². The number of nitrogens with one attached hydrogen (secondary N) is 1. The highest BCUT2D eigenvalue weighted by Gasteiger charge is 2.33. The lowest BCUT2D eigenvalue weighted by atomic mass is 10.0. The molecular formula is C18H15F6NO. The summed E-state index contributed by atoms with van der Waals surface area (Å²) < 4.78 is 78.8. The molecule has 0 spiro atoms. The second-order valence-corrected chi connectivity index (χ2v) is 6.09. The lowest BCUT2D eigenvalue weighted by Gasteiger charge is -2.17. The maximum Gasteiger partial charge on any atom is 0.573 e. The van der Waals surface area contributed by atoms with Crippen LogP contribution in [0.5, 0.6) is 5.75 Å². The lowest BCUT2D eigenvalue weighted by Crippen LogP contribution is -2.19. The van der Waals surface area contributed by atoms with Crippen molar-refractivity contribution in [1.82, 2.24) is 5.32 Å². The summed E-state index contributed by atoms with van der Waals surface area (Å²) in [6.07, 6.45) is -7.82. The maximum absolute atomic E-state index is 12.6. The molecule has 2 unspecified atom stereocenters. The number of ether oxygens (including phenoxy) is 1. The summed E-state index contributed by atoms with van der Waals surface area (Å²) in [5, 5.41) is 3.25. The van der Waals surface area contributed by atoms with Crippen molar-refractivity contribution in [3.05, 3.63) is 65.2 Å². The summed E-state index contributed by atoms with van der Waals surface area (Å²) in [6.45, 7) is 0. The van der Waals surface area contributed by atoms with E-state index >= 15 is 0 Å². The van der Waals surface area contributed by atoms with Crippen molar-refractivity contribution < 1.29 is 31.1 Å². The number of halogens is 6. The third-order valence-corrected chi connectivity index (χ3v) is 4.28. The first-order valence-corrected chi connectivity index (χ1v) is 7.91. The second-order valence-electron chi connectivity index (χ2n) is 6.09. The Labute approximate surface area is 145 Å². The van der Waals surface area contributed by atoms with Gasteiger partial charge in [-0.05, 0) is 48.2 Å². The minimum absolute atomic E-state index is 0.158. The molecule has 2 aromatic rings. The molecule has 1 aliphatic rings. The lowest BCUT2D eigenvalue weighted by molar-refractivity contribution is -0.274. The van der Waals surface area contributed by atoms with Crippen LogP contribution in [-0.4, -0.2) is 6.36 Å². The average molecular weight is 375 g/mol. The normalized spacial score (nSPS) is 21.0. The van der Waals surface area contributed by atoms with E-state index < -0.39 is 18.1 Å². The van der Waals surface area contributed by atoms with Gasteiger partial charge in [-0.3, -0.25) is 0 Å². The molecule has 1 aliphatic heterocycles. The molecule has 2 atom stereocenters. The third kappa shape index (κ3) is 4.49. The standard InChI is InChI=1S/C18H15F6NO/c19-17(20,21)13-6-4-11(5-7-13)15-8-9-16(25-15)12-2-1-3-14(10-12)26-18(22,23)24/h1-7,10,15-16,25H,8-9H2. The molecule has 1 fully saturated rings. The maximum atomic E-state index is 12.6. The van der Waals surface area contributed by atoms with E-state index in [-0.39, 0.29) is 17.8 Å². The van der Waals surface area contributed by atoms with Crippen LogP contribution in [0.15, 0.2) is 48.5 Å². The Morgan fingerprint density at radius 2 is 1.42 bits per heavy atom. The quantitative estimate of drug-likeness (QED) is 0.688. The van der Waals surface area contributed by atoms with Crippen LogP contribution in [0.1, 0.15) is 41.6 Å². The van der Waals surface area contributed by atoms with Gasteiger partial charge in [0, 0.05) is 12.1 Å². The molecule has 3 rings (SSSR count). The van der Waals surface area contributed by atoms with E-state index in [2.05, 4.69) is 10.1 Å². The number of hydrogen-bond donors (Lipinski definition) is 1. The minimum Gasteiger partial charge on any atom is -0.406 e. The first kappa shape index (κ1) is 18.6. The van der Waals surface area contributed by atoms with Crippen molar-refractivity contribution in [3.63, 3.8) is 0 Å². The van der Waals surface area contributed by atoms with E-state index in [1.165, 1.54) is 30.3 Å². The molecule has 1 saturated heterocycles. The smallest absolute Gasteiger partial charge is 0.406 e. The monoisotopic (exact) mass is 375 g/mol. The zero-order valence-electron chi connectivity index (χ0n) is 13.4. The molecule has 140 valence electrons. The molecule has 0 saturated carbocycles. The van der Waals surface area contributed by atoms with Gasteiger partial charge in [0.15, 0.2) is 0 Å². The number of hydrogen-bond acceptors (Lipinski definition) is 2. The van der Waals surface area contributed by atoms with Crippen LogP contribution < -0.4 is 10.1 Å². The van der Waals surface area contributed by atoms with Gasteiger partial charge in [-0.15, -0.1) is 13.2 Å². The first-order valence-electron chi connectivity index (χ1n) is 7.91. The Balaban J connectivity index is 1.70. The summed E-state index contributed by atoms with van der Waals surface area (Å²) in [5.41, 5.74) is 0.636. The van der Waals surface area contributed by atoms with Crippen molar-refractivity contribution in [1.29, 1.82) is 0 Å². The minimum atomic E-state index is -4.76. The van der Waals surface area contributed by atoms with E-state index in [1.54, 1.807) is 6.07 Å². The van der Waals surface area contributed by atoms with Crippen molar-refractivity contribution in [2.75, 3.05) is 0 Å². The van der Waals surface area contributed by atoms with E-state index in [4.69, 9.17) is 0 Å². The van der Waals surface area contributed by atoms with Gasteiger partial charge < -0.3 is 10.1 Å². The molecule has 26 heavy (non-hydrogen) atoms. The Morgan fingerprint density at radius 1 is 0.808 bits per heavy atom. The van der Waals surface area contributed by atoms with Crippen molar-refractivity contribution in [3.8, 4) is 5.75 Å². The Kier molecular flexibility index (Phi) is 4.88. The fourth-order valence-electron chi connectivity index (χ4n) is 3.10. The molecule has 2 aromatic carbocycles. The topological polar surface area (TPSA) is 21.3 Å². The van der Waals surface area contributed by atoms with E-state index in [0.29, 0.717) is 24.0 Å². The van der Waals surface area contributed by atoms with Crippen LogP contribution >= 0.6 is 0 Å². The predicted molar refractivity (Wildman–Crippen MR) is 82.4 cm³/mol. The fourth-order valence-corrected chi connectivity index (χ4v) is 3.10. The van der Waals surface area contributed by atoms with Crippen molar-refractivity contribution in [2.45, 2.75) is 37.5 Å². The van der Waals surface area contributed by atoms with Crippen LogP contribution in [0, 0.1) is 0 Å². The molecule has 8 heteroatoms. The number of rotatable bonds is 3. The molecule has 1 heterocycles. The third-order valence-electron chi connectivity index (χ3n) is 4.28. The Morgan fingerprint density at radius 3 is 2.00 bits per heavy atom. The molecule has 0 aromatic heterocycles. The van der Waals surface area contributed by atoms with E-state index in [0.717, 1.165) is 12.1 Å². The molecule has 2 nitrogen and oxygen atoms in total. The van der Waals surface area contributed by atoms with Crippen LogP contribution in [0.2, 0.25) is 0 Å². The highest BCUT2D eigenvalue weighted by atomic mass is 19.4. The zero-order chi connectivity index (χ0) is 18.9. The summed E-state index contributed by atoms with van der Waals surface area (Å²) in [6, 6.07) is 10.3. The SMILES string of the molecule is FC(F)(F)Oc1cccc(C2CCC(c3ccc(C(F)(F)F)cc3)N2)c1. The summed E-state index contributed by atoms with van der Waals surface area (Å²) in [7, 11) is 0. The van der Waals surface area contributed by atoms with Gasteiger partial charge in [0.05, 0.1) is 5.56 Å². The highest BCUT2D eigenvalue weighted by molar-refractivity contribution is 5.33. The van der Waals surface area contributed by atoms with Crippen LogP contribution in [0.4, 0.5) is 26.3 Å². The molecule has 0 radical (unpaired) electrons. The summed E-state index contributed by atoms with van der Waals surface area (Å²) >= 11 is 0. The average Bonchev–Trinajstić information content (AvgIpc) is 3.03. The van der Waals surface area contributed by atoms with Gasteiger partial charge in [0.1, 0.15) is 5.75 Å². The van der Waals surface area contributed by atoms with Crippen LogP contribution in [0.25, 0.3) is 0 Å². The number of alkyl halides is 6. The molecule has 0 aliphatic carbocycles. The largest absolute Gasteiger partial charge is 0.573 e. The van der Waals surface area contributed by atoms with Gasteiger partial charge in [0.2, 0.25) is 0 Å². The van der Waals surface area contributed by atoms with Gasteiger partial charge in [-0.1, -0.05) is 24.3 Å². The molecule has 1 N–H and O–H groups in total. The van der Waals surface area contributed by atoms with E-state index in [1.807, 2.05) is 0 Å². The number of benzene rings is 2. The van der Waals surface area contributed by atoms with Crippen molar-refractivity contribution >= 4 is 0 Å². The van der Waals surface area contributed by atoms with Gasteiger partial charge in [-0.25, -0.2) is 0 Å². The fraction of sp³-hybridized carbons (Fsp3) is 0.333. The van der Waals surface area contributed by atoms with Gasteiger partial charge in [-0.2, -0.15) is 13.2 Å². The molecule has 0 amide bonds. The highest BCUT2D eigenvalue weighted by Crippen LogP contribution is 2.37. The van der Waals surface area contributed by atoms with Crippen LogP contribution in [0.3, 0.4) is 0 Å². The Bertz CT molecular complexity index is 754. The van der Waals surface area contributed by atoms with Crippen molar-refractivity contribution in [2.24, 2.45) is 0 Å².